The smallest absolute Gasteiger partial charge is 0.199 e. The Morgan fingerprint density at radius 1 is 1.00 bits per heavy atom. The second kappa shape index (κ2) is 9.27. The summed E-state index contributed by atoms with van der Waals surface area (Å²) >= 11 is 10.8. The van der Waals surface area contributed by atoms with Gasteiger partial charge in [0.25, 0.3) is 0 Å². The molecule has 0 heterocycles. The van der Waals surface area contributed by atoms with E-state index in [1.165, 1.54) is 11.8 Å². The zero-order valence-electron chi connectivity index (χ0n) is 14.5. The van der Waals surface area contributed by atoms with E-state index in [-0.39, 0.29) is 5.78 Å². The van der Waals surface area contributed by atoms with Crippen molar-refractivity contribution >= 4 is 51.2 Å². The lowest BCUT2D eigenvalue weighted by Gasteiger charge is -2.10. The van der Waals surface area contributed by atoms with E-state index in [2.05, 4.69) is 15.9 Å². The second-order valence-electron chi connectivity index (χ2n) is 5.64. The van der Waals surface area contributed by atoms with Gasteiger partial charge in [-0.15, -0.1) is 0 Å². The number of carbonyl (C=O) groups excluding carboxylic acids is 1. The molecule has 0 atom stereocenters. The molecule has 0 unspecified atom stereocenters. The molecule has 0 amide bonds. The van der Waals surface area contributed by atoms with Gasteiger partial charge in [-0.2, -0.15) is 0 Å². The Labute approximate surface area is 176 Å². The van der Waals surface area contributed by atoms with Crippen molar-refractivity contribution in [3.8, 4) is 5.75 Å². The van der Waals surface area contributed by atoms with Gasteiger partial charge in [0.1, 0.15) is 5.75 Å². The molecule has 2 nitrogen and oxygen atoms in total. The summed E-state index contributed by atoms with van der Waals surface area (Å²) in [6.07, 6.45) is 1.86. The topological polar surface area (TPSA) is 26.3 Å². The molecule has 0 saturated carbocycles. The largest absolute Gasteiger partial charge is 0.496 e. The number of rotatable bonds is 6. The molecule has 136 valence electrons. The van der Waals surface area contributed by atoms with Gasteiger partial charge in [-0.1, -0.05) is 57.5 Å². The van der Waals surface area contributed by atoms with Crippen molar-refractivity contribution in [2.45, 2.75) is 4.90 Å². The summed E-state index contributed by atoms with van der Waals surface area (Å²) in [6, 6.07) is 22.4. The predicted molar refractivity (Wildman–Crippen MR) is 117 cm³/mol. The molecule has 0 aliphatic carbocycles. The van der Waals surface area contributed by atoms with Gasteiger partial charge in [0.15, 0.2) is 5.78 Å². The van der Waals surface area contributed by atoms with E-state index in [0.29, 0.717) is 15.5 Å². The number of methoxy groups -OCH3 is 1. The molecule has 0 radical (unpaired) electrons. The summed E-state index contributed by atoms with van der Waals surface area (Å²) in [4.78, 5) is 14.7. The third-order valence-electron chi connectivity index (χ3n) is 3.80. The molecule has 5 heteroatoms. The lowest BCUT2D eigenvalue weighted by atomic mass is 10.1. The standard InChI is InChI=1S/C22H16BrClO2S/c1-26-20-5-3-2-4-16(20)14-21(27-19-12-8-17(23)9-13-19)22(25)15-6-10-18(24)11-7-15/h2-14H,1H3/b21-14+. The van der Waals surface area contributed by atoms with Gasteiger partial charge in [0.05, 0.1) is 12.0 Å². The summed E-state index contributed by atoms with van der Waals surface area (Å²) in [6.45, 7) is 0. The number of halogens is 2. The van der Waals surface area contributed by atoms with Gasteiger partial charge < -0.3 is 4.74 Å². The van der Waals surface area contributed by atoms with Crippen LogP contribution in [0.3, 0.4) is 0 Å². The molecule has 3 aromatic carbocycles. The summed E-state index contributed by atoms with van der Waals surface area (Å²) in [5.74, 6) is 0.654. The molecule has 0 spiro atoms. The maximum Gasteiger partial charge on any atom is 0.199 e. The zero-order valence-corrected chi connectivity index (χ0v) is 17.6. The van der Waals surface area contributed by atoms with Crippen LogP contribution in [0, 0.1) is 0 Å². The molecule has 0 fully saturated rings. The maximum absolute atomic E-state index is 13.1. The molecule has 0 aliphatic heterocycles. The number of carbonyl (C=O) groups is 1. The minimum atomic E-state index is -0.0644. The van der Waals surface area contributed by atoms with E-state index in [4.69, 9.17) is 16.3 Å². The zero-order chi connectivity index (χ0) is 19.2. The summed E-state index contributed by atoms with van der Waals surface area (Å²) in [5.41, 5.74) is 1.44. The fraction of sp³-hybridized carbons (Fsp3) is 0.0455. The van der Waals surface area contributed by atoms with E-state index in [1.807, 2.05) is 54.6 Å². The van der Waals surface area contributed by atoms with Crippen molar-refractivity contribution in [3.05, 3.63) is 98.3 Å². The van der Waals surface area contributed by atoms with Crippen LogP contribution in [-0.2, 0) is 0 Å². The van der Waals surface area contributed by atoms with Crippen molar-refractivity contribution in [2.75, 3.05) is 7.11 Å². The third kappa shape index (κ3) is 5.25. The number of para-hydroxylation sites is 1. The van der Waals surface area contributed by atoms with Gasteiger partial charge >= 0.3 is 0 Å². The van der Waals surface area contributed by atoms with Crippen LogP contribution >= 0.6 is 39.3 Å². The SMILES string of the molecule is COc1ccccc1/C=C(/Sc1ccc(Br)cc1)C(=O)c1ccc(Cl)cc1. The van der Waals surface area contributed by atoms with Crippen LogP contribution in [0.25, 0.3) is 6.08 Å². The number of thioether (sulfide) groups is 1. The average Bonchev–Trinajstić information content (AvgIpc) is 2.69. The first-order valence-corrected chi connectivity index (χ1v) is 10.1. The third-order valence-corrected chi connectivity index (χ3v) is 5.61. The molecule has 0 N–H and O–H groups in total. The average molecular weight is 460 g/mol. The Morgan fingerprint density at radius 3 is 2.33 bits per heavy atom. The van der Waals surface area contributed by atoms with E-state index in [9.17, 15) is 4.79 Å². The number of benzene rings is 3. The van der Waals surface area contributed by atoms with Crippen LogP contribution in [0.5, 0.6) is 5.75 Å². The van der Waals surface area contributed by atoms with E-state index in [1.54, 1.807) is 31.4 Å². The van der Waals surface area contributed by atoms with E-state index in [0.717, 1.165) is 20.7 Å². The highest BCUT2D eigenvalue weighted by molar-refractivity contribution is 9.10. The summed E-state index contributed by atoms with van der Waals surface area (Å²) in [7, 11) is 1.62. The molecule has 0 aliphatic rings. The lowest BCUT2D eigenvalue weighted by molar-refractivity contribution is 0.104. The first-order chi connectivity index (χ1) is 13.1. The van der Waals surface area contributed by atoms with Crippen molar-refractivity contribution in [1.82, 2.24) is 0 Å². The first kappa shape index (κ1) is 19.7. The number of hydrogen-bond acceptors (Lipinski definition) is 3. The van der Waals surface area contributed by atoms with E-state index < -0.39 is 0 Å². The van der Waals surface area contributed by atoms with Gasteiger partial charge in [-0.25, -0.2) is 0 Å². The quantitative estimate of drug-likeness (QED) is 0.223. The Kier molecular flexibility index (Phi) is 6.78. The second-order valence-corrected chi connectivity index (χ2v) is 8.11. The number of ether oxygens (including phenoxy) is 1. The fourth-order valence-electron chi connectivity index (χ4n) is 2.44. The monoisotopic (exact) mass is 458 g/mol. The first-order valence-electron chi connectivity index (χ1n) is 8.15. The van der Waals surface area contributed by atoms with Crippen LogP contribution < -0.4 is 4.74 Å². The molecule has 3 aromatic rings. The van der Waals surface area contributed by atoms with Gasteiger partial charge in [-0.05, 0) is 60.7 Å². The number of hydrogen-bond donors (Lipinski definition) is 0. The maximum atomic E-state index is 13.1. The Bertz CT molecular complexity index is 966. The molecule has 0 saturated heterocycles. The highest BCUT2D eigenvalue weighted by Crippen LogP contribution is 2.33. The normalized spacial score (nSPS) is 11.3. The Balaban J connectivity index is 2.02. The number of ketones is 1. The van der Waals surface area contributed by atoms with Crippen LogP contribution in [0.2, 0.25) is 5.02 Å². The van der Waals surface area contributed by atoms with Crippen molar-refractivity contribution in [1.29, 1.82) is 0 Å². The summed E-state index contributed by atoms with van der Waals surface area (Å²) in [5, 5.41) is 0.599. The van der Waals surface area contributed by atoms with Crippen molar-refractivity contribution < 1.29 is 9.53 Å². The summed E-state index contributed by atoms with van der Waals surface area (Å²) < 4.78 is 6.42. The Hall–Kier alpha value is -2.01. The molecule has 27 heavy (non-hydrogen) atoms. The van der Waals surface area contributed by atoms with Crippen LogP contribution in [0.15, 0.2) is 87.1 Å². The molecular weight excluding hydrogens is 444 g/mol. The van der Waals surface area contributed by atoms with Gasteiger partial charge in [0.2, 0.25) is 0 Å². The number of allylic oxidation sites excluding steroid dienone is 1. The highest BCUT2D eigenvalue weighted by Gasteiger charge is 2.15. The molecule has 0 aromatic heterocycles. The van der Waals surface area contributed by atoms with Crippen molar-refractivity contribution in [2.24, 2.45) is 0 Å². The Morgan fingerprint density at radius 2 is 1.67 bits per heavy atom. The van der Waals surface area contributed by atoms with Crippen LogP contribution in [0.4, 0.5) is 0 Å². The van der Waals surface area contributed by atoms with Crippen LogP contribution in [-0.4, -0.2) is 12.9 Å². The molecule has 0 bridgehead atoms. The minimum absolute atomic E-state index is 0.0644. The minimum Gasteiger partial charge on any atom is -0.496 e. The van der Waals surface area contributed by atoms with Gasteiger partial charge in [-0.3, -0.25) is 4.79 Å². The highest BCUT2D eigenvalue weighted by atomic mass is 79.9. The van der Waals surface area contributed by atoms with Gasteiger partial charge in [0, 0.05) is 25.5 Å². The molecule has 3 rings (SSSR count). The lowest BCUT2D eigenvalue weighted by Crippen LogP contribution is -2.01. The molecular formula is C22H16BrClO2S. The predicted octanol–water partition coefficient (Wildman–Crippen LogP) is 7.13. The van der Waals surface area contributed by atoms with Crippen LogP contribution in [0.1, 0.15) is 15.9 Å². The van der Waals surface area contributed by atoms with E-state index >= 15 is 0 Å². The number of Topliss-reactive ketones (excluding diaryl/α,β-unsaturated/α-hetero) is 1. The van der Waals surface area contributed by atoms with Crippen molar-refractivity contribution in [3.63, 3.8) is 0 Å². The fourth-order valence-corrected chi connectivity index (χ4v) is 3.75.